The molecule has 17 heavy (non-hydrogen) atoms. The molecule has 92 valence electrons. The number of aromatic carboxylic acids is 1. The number of nitrogens with one attached hydrogen (secondary N) is 1. The second-order valence-electron chi connectivity index (χ2n) is 4.28. The SMILES string of the molecule is CC(C)(CN)C(=O)Nc1ccc(C(=O)O)nc1. The Hall–Kier alpha value is -1.95. The van der Waals surface area contributed by atoms with Crippen molar-refractivity contribution in [2.24, 2.45) is 11.1 Å². The van der Waals surface area contributed by atoms with Gasteiger partial charge in [-0.15, -0.1) is 0 Å². The number of amides is 1. The number of nitrogens with zero attached hydrogens (tertiary/aromatic N) is 1. The van der Waals surface area contributed by atoms with Crippen molar-refractivity contribution in [2.45, 2.75) is 13.8 Å². The first-order chi connectivity index (χ1) is 7.86. The lowest BCUT2D eigenvalue weighted by molar-refractivity contribution is -0.123. The van der Waals surface area contributed by atoms with E-state index in [2.05, 4.69) is 10.3 Å². The third-order valence-corrected chi connectivity index (χ3v) is 2.37. The zero-order valence-electron chi connectivity index (χ0n) is 9.73. The van der Waals surface area contributed by atoms with Gasteiger partial charge >= 0.3 is 5.97 Å². The summed E-state index contributed by atoms with van der Waals surface area (Å²) in [4.78, 5) is 26.0. The number of carboxylic acids is 1. The zero-order valence-corrected chi connectivity index (χ0v) is 9.73. The summed E-state index contributed by atoms with van der Waals surface area (Å²) in [5.41, 5.74) is 5.17. The Kier molecular flexibility index (Phi) is 3.80. The number of pyridine rings is 1. The van der Waals surface area contributed by atoms with Crippen molar-refractivity contribution in [1.82, 2.24) is 4.98 Å². The summed E-state index contributed by atoms with van der Waals surface area (Å²) in [6.07, 6.45) is 1.30. The number of carboxylic acid groups (broad SMARTS) is 1. The molecule has 1 rings (SSSR count). The van der Waals surface area contributed by atoms with E-state index < -0.39 is 11.4 Å². The molecule has 0 atom stereocenters. The minimum absolute atomic E-state index is 0.0684. The third-order valence-electron chi connectivity index (χ3n) is 2.37. The van der Waals surface area contributed by atoms with Gasteiger partial charge in [-0.05, 0) is 26.0 Å². The van der Waals surface area contributed by atoms with E-state index in [4.69, 9.17) is 10.8 Å². The maximum Gasteiger partial charge on any atom is 0.354 e. The lowest BCUT2D eigenvalue weighted by Gasteiger charge is -2.21. The molecule has 6 heteroatoms. The van der Waals surface area contributed by atoms with Crippen LogP contribution in [0, 0.1) is 5.41 Å². The van der Waals surface area contributed by atoms with E-state index in [-0.39, 0.29) is 18.1 Å². The first kappa shape index (κ1) is 13.1. The molecule has 1 aromatic rings. The van der Waals surface area contributed by atoms with Gasteiger partial charge in [-0.25, -0.2) is 9.78 Å². The van der Waals surface area contributed by atoms with Gasteiger partial charge in [0.15, 0.2) is 0 Å². The maximum absolute atomic E-state index is 11.7. The van der Waals surface area contributed by atoms with Crippen LogP contribution in [0.2, 0.25) is 0 Å². The highest BCUT2D eigenvalue weighted by molar-refractivity contribution is 5.95. The molecule has 0 aromatic carbocycles. The molecule has 0 saturated carbocycles. The van der Waals surface area contributed by atoms with Gasteiger partial charge in [0.05, 0.1) is 17.3 Å². The molecule has 0 saturated heterocycles. The van der Waals surface area contributed by atoms with Gasteiger partial charge in [-0.2, -0.15) is 0 Å². The molecule has 1 amide bonds. The fraction of sp³-hybridized carbons (Fsp3) is 0.364. The van der Waals surface area contributed by atoms with Gasteiger partial charge in [0, 0.05) is 6.54 Å². The van der Waals surface area contributed by atoms with E-state index in [1.165, 1.54) is 18.3 Å². The third kappa shape index (κ3) is 3.25. The summed E-state index contributed by atoms with van der Waals surface area (Å²) in [6.45, 7) is 3.67. The highest BCUT2D eigenvalue weighted by Gasteiger charge is 2.25. The van der Waals surface area contributed by atoms with Gasteiger partial charge in [0.2, 0.25) is 5.91 Å². The second-order valence-corrected chi connectivity index (χ2v) is 4.28. The van der Waals surface area contributed by atoms with Crippen LogP contribution < -0.4 is 11.1 Å². The highest BCUT2D eigenvalue weighted by Crippen LogP contribution is 2.16. The molecule has 0 bridgehead atoms. The van der Waals surface area contributed by atoms with Crippen LogP contribution in [-0.4, -0.2) is 28.5 Å². The molecule has 0 aliphatic rings. The molecule has 4 N–H and O–H groups in total. The van der Waals surface area contributed by atoms with Gasteiger partial charge < -0.3 is 16.2 Å². The Morgan fingerprint density at radius 2 is 2.12 bits per heavy atom. The van der Waals surface area contributed by atoms with Crippen molar-refractivity contribution in [2.75, 3.05) is 11.9 Å². The molecule has 1 aromatic heterocycles. The Bertz CT molecular complexity index is 426. The predicted octanol–water partition coefficient (Wildman–Crippen LogP) is 0.703. The zero-order chi connectivity index (χ0) is 13.1. The standard InChI is InChI=1S/C11H15N3O3/c1-11(2,6-12)10(17)14-7-3-4-8(9(15)16)13-5-7/h3-5H,6,12H2,1-2H3,(H,14,17)(H,15,16). The average Bonchev–Trinajstić information content (AvgIpc) is 2.29. The molecule has 0 fully saturated rings. The minimum atomic E-state index is -1.11. The number of rotatable bonds is 4. The lowest BCUT2D eigenvalue weighted by Crippen LogP contribution is -2.37. The Morgan fingerprint density at radius 1 is 1.47 bits per heavy atom. The quantitative estimate of drug-likeness (QED) is 0.715. The molecular formula is C11H15N3O3. The number of carbonyl (C=O) groups excluding carboxylic acids is 1. The summed E-state index contributed by atoms with van der Waals surface area (Å²) in [6, 6.07) is 2.81. The normalized spacial score (nSPS) is 11.0. The van der Waals surface area contributed by atoms with E-state index in [1.807, 2.05) is 0 Å². The van der Waals surface area contributed by atoms with Crippen molar-refractivity contribution < 1.29 is 14.7 Å². The van der Waals surface area contributed by atoms with E-state index in [9.17, 15) is 9.59 Å². The van der Waals surface area contributed by atoms with E-state index >= 15 is 0 Å². The number of carbonyl (C=O) groups is 2. The molecule has 0 spiro atoms. The highest BCUT2D eigenvalue weighted by atomic mass is 16.4. The molecule has 6 nitrogen and oxygen atoms in total. The maximum atomic E-state index is 11.7. The van der Waals surface area contributed by atoms with Crippen LogP contribution in [0.4, 0.5) is 5.69 Å². The molecular weight excluding hydrogens is 222 g/mol. The number of nitrogens with two attached hydrogens (primary N) is 1. The van der Waals surface area contributed by atoms with Gasteiger partial charge in [-0.1, -0.05) is 0 Å². The van der Waals surface area contributed by atoms with Crippen LogP contribution in [0.1, 0.15) is 24.3 Å². The first-order valence-corrected chi connectivity index (χ1v) is 5.07. The van der Waals surface area contributed by atoms with Gasteiger partial charge in [-0.3, -0.25) is 4.79 Å². The predicted molar refractivity (Wildman–Crippen MR) is 62.7 cm³/mol. The van der Waals surface area contributed by atoms with Crippen LogP contribution in [0.3, 0.4) is 0 Å². The number of aromatic nitrogens is 1. The lowest BCUT2D eigenvalue weighted by atomic mass is 9.92. The topological polar surface area (TPSA) is 105 Å². The largest absolute Gasteiger partial charge is 0.477 e. The fourth-order valence-corrected chi connectivity index (χ4v) is 0.987. The number of hydrogen-bond donors (Lipinski definition) is 3. The molecule has 1 heterocycles. The van der Waals surface area contributed by atoms with Crippen molar-refractivity contribution in [3.8, 4) is 0 Å². The van der Waals surface area contributed by atoms with E-state index in [1.54, 1.807) is 13.8 Å². The van der Waals surface area contributed by atoms with Crippen molar-refractivity contribution in [3.05, 3.63) is 24.0 Å². The molecule has 0 aliphatic heterocycles. The minimum Gasteiger partial charge on any atom is -0.477 e. The van der Waals surface area contributed by atoms with Crippen LogP contribution in [0.25, 0.3) is 0 Å². The first-order valence-electron chi connectivity index (χ1n) is 5.07. The summed E-state index contributed by atoms with van der Waals surface area (Å²) in [5, 5.41) is 11.3. The monoisotopic (exact) mass is 237 g/mol. The van der Waals surface area contributed by atoms with Gasteiger partial charge in [0.1, 0.15) is 5.69 Å². The summed E-state index contributed by atoms with van der Waals surface area (Å²) >= 11 is 0. The Balaban J connectivity index is 2.76. The summed E-state index contributed by atoms with van der Waals surface area (Å²) in [7, 11) is 0. The molecule has 0 aliphatic carbocycles. The molecule has 0 unspecified atom stereocenters. The number of hydrogen-bond acceptors (Lipinski definition) is 4. The Labute approximate surface area is 98.8 Å². The van der Waals surface area contributed by atoms with Crippen LogP contribution in [0.5, 0.6) is 0 Å². The summed E-state index contributed by atoms with van der Waals surface area (Å²) in [5.74, 6) is -1.34. The summed E-state index contributed by atoms with van der Waals surface area (Å²) < 4.78 is 0. The van der Waals surface area contributed by atoms with Crippen LogP contribution in [-0.2, 0) is 4.79 Å². The van der Waals surface area contributed by atoms with Crippen molar-refractivity contribution in [1.29, 1.82) is 0 Å². The van der Waals surface area contributed by atoms with Crippen molar-refractivity contribution >= 4 is 17.6 Å². The van der Waals surface area contributed by atoms with Crippen LogP contribution >= 0.6 is 0 Å². The Morgan fingerprint density at radius 3 is 2.53 bits per heavy atom. The smallest absolute Gasteiger partial charge is 0.354 e. The number of anilines is 1. The van der Waals surface area contributed by atoms with Gasteiger partial charge in [0.25, 0.3) is 0 Å². The van der Waals surface area contributed by atoms with Crippen LogP contribution in [0.15, 0.2) is 18.3 Å². The van der Waals surface area contributed by atoms with E-state index in [0.29, 0.717) is 5.69 Å². The van der Waals surface area contributed by atoms with Crippen molar-refractivity contribution in [3.63, 3.8) is 0 Å². The fourth-order valence-electron chi connectivity index (χ4n) is 0.987. The average molecular weight is 237 g/mol. The second kappa shape index (κ2) is 4.92. The molecule has 0 radical (unpaired) electrons. The van der Waals surface area contributed by atoms with E-state index in [0.717, 1.165) is 0 Å².